The van der Waals surface area contributed by atoms with E-state index < -0.39 is 16.0 Å². The number of methoxy groups -OCH3 is 1. The lowest BCUT2D eigenvalue weighted by Gasteiger charge is -2.30. The van der Waals surface area contributed by atoms with Crippen LogP contribution in [0.4, 0.5) is 5.69 Å². The largest absolute Gasteiger partial charge is 0.382 e. The SMILES string of the molecule is COC1(c2cccc3c2C(N)=NS(=O)(=O)N3)CCCO1. The molecule has 20 heavy (non-hydrogen) atoms. The van der Waals surface area contributed by atoms with Gasteiger partial charge < -0.3 is 15.2 Å². The van der Waals surface area contributed by atoms with Crippen LogP contribution in [0.3, 0.4) is 0 Å². The van der Waals surface area contributed by atoms with Gasteiger partial charge in [0.25, 0.3) is 0 Å². The number of hydrogen-bond acceptors (Lipinski definition) is 5. The third-order valence-corrected chi connectivity index (χ3v) is 4.42. The first-order valence-corrected chi connectivity index (χ1v) is 7.63. The Morgan fingerprint density at radius 2 is 2.30 bits per heavy atom. The van der Waals surface area contributed by atoms with Crippen molar-refractivity contribution < 1.29 is 17.9 Å². The molecule has 2 aliphatic rings. The van der Waals surface area contributed by atoms with E-state index >= 15 is 0 Å². The molecule has 0 spiro atoms. The van der Waals surface area contributed by atoms with Crippen LogP contribution in [0.15, 0.2) is 22.6 Å². The number of fused-ring (bicyclic) bond motifs is 1. The predicted molar refractivity (Wildman–Crippen MR) is 73.6 cm³/mol. The second-order valence-corrected chi connectivity index (χ2v) is 6.03. The van der Waals surface area contributed by atoms with E-state index in [1.54, 1.807) is 19.2 Å². The van der Waals surface area contributed by atoms with Crippen LogP contribution < -0.4 is 10.5 Å². The van der Waals surface area contributed by atoms with Gasteiger partial charge in [-0.05, 0) is 12.5 Å². The maximum Gasteiger partial charge on any atom is 0.344 e. The summed E-state index contributed by atoms with van der Waals surface area (Å²) in [4.78, 5) is 0. The van der Waals surface area contributed by atoms with Crippen LogP contribution in [-0.4, -0.2) is 28.0 Å². The number of anilines is 1. The van der Waals surface area contributed by atoms with Gasteiger partial charge in [0.1, 0.15) is 5.84 Å². The van der Waals surface area contributed by atoms with Crippen molar-refractivity contribution in [2.24, 2.45) is 10.1 Å². The van der Waals surface area contributed by atoms with Crippen LogP contribution in [0.5, 0.6) is 0 Å². The van der Waals surface area contributed by atoms with E-state index in [0.29, 0.717) is 29.8 Å². The van der Waals surface area contributed by atoms with E-state index in [0.717, 1.165) is 6.42 Å². The van der Waals surface area contributed by atoms with Crippen LogP contribution in [-0.2, 0) is 25.5 Å². The summed E-state index contributed by atoms with van der Waals surface area (Å²) in [5.74, 6) is -0.949. The van der Waals surface area contributed by atoms with Gasteiger partial charge in [-0.3, -0.25) is 4.72 Å². The molecule has 8 heteroatoms. The minimum Gasteiger partial charge on any atom is -0.382 e. The smallest absolute Gasteiger partial charge is 0.344 e. The summed E-state index contributed by atoms with van der Waals surface area (Å²) in [7, 11) is -2.22. The van der Waals surface area contributed by atoms with Crippen molar-refractivity contribution in [3.8, 4) is 0 Å². The van der Waals surface area contributed by atoms with Gasteiger partial charge in [0.15, 0.2) is 5.79 Å². The normalized spacial score (nSPS) is 27.6. The van der Waals surface area contributed by atoms with Gasteiger partial charge in [-0.25, -0.2) is 0 Å². The van der Waals surface area contributed by atoms with E-state index in [-0.39, 0.29) is 5.84 Å². The quantitative estimate of drug-likeness (QED) is 0.835. The highest BCUT2D eigenvalue weighted by Gasteiger charge is 2.41. The Morgan fingerprint density at radius 3 is 2.95 bits per heavy atom. The van der Waals surface area contributed by atoms with Crippen molar-refractivity contribution in [2.75, 3.05) is 18.4 Å². The number of amidine groups is 1. The number of hydrogen-bond donors (Lipinski definition) is 2. The number of nitrogens with zero attached hydrogens (tertiary/aromatic N) is 1. The minimum absolute atomic E-state index is 0.0544. The van der Waals surface area contributed by atoms with E-state index in [2.05, 4.69) is 9.12 Å². The molecule has 1 aromatic rings. The van der Waals surface area contributed by atoms with Crippen LogP contribution in [0.2, 0.25) is 0 Å². The zero-order valence-electron chi connectivity index (χ0n) is 10.9. The minimum atomic E-state index is -3.78. The van der Waals surface area contributed by atoms with Gasteiger partial charge in [-0.1, -0.05) is 12.1 Å². The highest BCUT2D eigenvalue weighted by molar-refractivity contribution is 7.91. The fourth-order valence-electron chi connectivity index (χ4n) is 2.67. The highest BCUT2D eigenvalue weighted by atomic mass is 32.2. The molecule has 1 unspecified atom stereocenters. The topological polar surface area (TPSA) is 103 Å². The maximum atomic E-state index is 11.6. The molecule has 0 aliphatic carbocycles. The zero-order chi connectivity index (χ0) is 14.4. The molecule has 0 bridgehead atoms. The maximum absolute atomic E-state index is 11.6. The van der Waals surface area contributed by atoms with Crippen molar-refractivity contribution in [3.05, 3.63) is 29.3 Å². The van der Waals surface area contributed by atoms with E-state index in [1.807, 2.05) is 6.07 Å². The van der Waals surface area contributed by atoms with Gasteiger partial charge in [-0.2, -0.15) is 8.42 Å². The van der Waals surface area contributed by atoms with Crippen molar-refractivity contribution in [1.82, 2.24) is 0 Å². The van der Waals surface area contributed by atoms with E-state index in [9.17, 15) is 8.42 Å². The molecular formula is C12H15N3O4S. The molecule has 108 valence electrons. The Bertz CT molecular complexity index is 678. The van der Waals surface area contributed by atoms with Crippen LogP contribution in [0, 0.1) is 0 Å². The monoisotopic (exact) mass is 297 g/mol. The molecule has 1 saturated heterocycles. The molecule has 7 nitrogen and oxygen atoms in total. The summed E-state index contributed by atoms with van der Waals surface area (Å²) in [5.41, 5.74) is 7.43. The summed E-state index contributed by atoms with van der Waals surface area (Å²) in [5, 5.41) is 0. The number of benzene rings is 1. The molecule has 0 aromatic heterocycles. The Morgan fingerprint density at radius 1 is 1.50 bits per heavy atom. The lowest BCUT2D eigenvalue weighted by atomic mass is 9.95. The van der Waals surface area contributed by atoms with Gasteiger partial charge in [0.2, 0.25) is 0 Å². The lowest BCUT2D eigenvalue weighted by molar-refractivity contribution is -0.201. The standard InChI is InChI=1S/C12H15N3O4S/c1-18-12(6-3-7-19-12)8-4-2-5-9-10(8)11(13)15-20(16,17)14-9/h2,4-5,14H,3,6-7H2,1H3,(H2,13,15). The Hall–Kier alpha value is -1.64. The Labute approximate surface area is 117 Å². The molecule has 1 aromatic carbocycles. The number of rotatable bonds is 2. The molecule has 1 atom stereocenters. The Balaban J connectivity index is 2.21. The third-order valence-electron chi connectivity index (χ3n) is 3.50. The second-order valence-electron chi connectivity index (χ2n) is 4.69. The van der Waals surface area contributed by atoms with E-state index in [4.69, 9.17) is 15.2 Å². The van der Waals surface area contributed by atoms with Crippen molar-refractivity contribution in [2.45, 2.75) is 18.6 Å². The summed E-state index contributed by atoms with van der Waals surface area (Å²) >= 11 is 0. The fraction of sp³-hybridized carbons (Fsp3) is 0.417. The molecule has 0 amide bonds. The van der Waals surface area contributed by atoms with E-state index in [1.165, 1.54) is 0 Å². The summed E-state index contributed by atoms with van der Waals surface area (Å²) < 4.78 is 40.3. The summed E-state index contributed by atoms with van der Waals surface area (Å²) in [6, 6.07) is 5.18. The first-order valence-electron chi connectivity index (χ1n) is 6.19. The van der Waals surface area contributed by atoms with Gasteiger partial charge >= 0.3 is 10.2 Å². The Kier molecular flexibility index (Phi) is 2.96. The molecule has 2 aliphatic heterocycles. The van der Waals surface area contributed by atoms with Crippen LogP contribution in [0.1, 0.15) is 24.0 Å². The van der Waals surface area contributed by atoms with Crippen molar-refractivity contribution in [3.63, 3.8) is 0 Å². The predicted octanol–water partition coefficient (Wildman–Crippen LogP) is 0.672. The van der Waals surface area contributed by atoms with Crippen LogP contribution in [0.25, 0.3) is 0 Å². The van der Waals surface area contributed by atoms with Gasteiger partial charge in [0.05, 0.1) is 17.9 Å². The highest BCUT2D eigenvalue weighted by Crippen LogP contribution is 2.41. The third kappa shape index (κ3) is 1.96. The summed E-state index contributed by atoms with van der Waals surface area (Å²) in [6.07, 6.45) is 1.54. The summed E-state index contributed by atoms with van der Waals surface area (Å²) in [6.45, 7) is 0.584. The number of nitrogens with one attached hydrogen (secondary N) is 1. The van der Waals surface area contributed by atoms with Gasteiger partial charge in [-0.15, -0.1) is 4.40 Å². The molecule has 0 radical (unpaired) electrons. The molecule has 0 saturated carbocycles. The van der Waals surface area contributed by atoms with Crippen molar-refractivity contribution in [1.29, 1.82) is 0 Å². The molecule has 3 N–H and O–H groups in total. The van der Waals surface area contributed by atoms with Crippen LogP contribution >= 0.6 is 0 Å². The van der Waals surface area contributed by atoms with Gasteiger partial charge in [0, 0.05) is 19.1 Å². The lowest BCUT2D eigenvalue weighted by Crippen LogP contribution is -2.34. The molecular weight excluding hydrogens is 282 g/mol. The molecule has 1 fully saturated rings. The first kappa shape index (κ1) is 13.3. The average molecular weight is 297 g/mol. The molecule has 3 rings (SSSR count). The number of nitrogens with two attached hydrogens (primary N) is 1. The zero-order valence-corrected chi connectivity index (χ0v) is 11.7. The average Bonchev–Trinajstić information content (AvgIpc) is 2.86. The van der Waals surface area contributed by atoms with Crippen molar-refractivity contribution >= 4 is 21.7 Å². The fourth-order valence-corrected chi connectivity index (χ4v) is 3.51. The number of ether oxygens (including phenoxy) is 2. The first-order chi connectivity index (χ1) is 9.47. The molecule has 2 heterocycles. The second kappa shape index (κ2) is 4.44.